The van der Waals surface area contributed by atoms with Gasteiger partial charge >= 0.3 is 0 Å². The van der Waals surface area contributed by atoms with Crippen LogP contribution >= 0.6 is 0 Å². The van der Waals surface area contributed by atoms with Crippen LogP contribution in [0.5, 0.6) is 0 Å². The molecule has 2 rings (SSSR count). The molecule has 0 aromatic heterocycles. The summed E-state index contributed by atoms with van der Waals surface area (Å²) in [4.78, 5) is 12.8. The van der Waals surface area contributed by atoms with Crippen LogP contribution in [0, 0.1) is 0 Å². The van der Waals surface area contributed by atoms with Gasteiger partial charge in [0.15, 0.2) is 0 Å². The van der Waals surface area contributed by atoms with E-state index in [-0.39, 0.29) is 18.3 Å². The maximum absolute atomic E-state index is 12.9. The monoisotopic (exact) mass is 219 g/mol. The van der Waals surface area contributed by atoms with Crippen LogP contribution in [-0.2, 0) is 4.79 Å². The van der Waals surface area contributed by atoms with Crippen LogP contribution in [0.15, 0.2) is 36.2 Å². The Labute approximate surface area is 94.4 Å². The van der Waals surface area contributed by atoms with Crippen molar-refractivity contribution in [2.24, 2.45) is 0 Å². The third-order valence-electron chi connectivity index (χ3n) is 2.73. The molecule has 0 saturated carbocycles. The van der Waals surface area contributed by atoms with Crippen LogP contribution in [0.4, 0.5) is 10.1 Å². The molecular weight excluding hydrogens is 205 g/mol. The second-order valence-electron chi connectivity index (χ2n) is 4.26. The molecule has 16 heavy (non-hydrogen) atoms. The third kappa shape index (κ3) is 1.98. The number of halogens is 1. The lowest BCUT2D eigenvalue weighted by Crippen LogP contribution is -2.24. The fourth-order valence-electron chi connectivity index (χ4n) is 1.74. The van der Waals surface area contributed by atoms with Crippen molar-refractivity contribution < 1.29 is 9.18 Å². The quantitative estimate of drug-likeness (QED) is 0.748. The Morgan fingerprint density at radius 3 is 2.31 bits per heavy atom. The van der Waals surface area contributed by atoms with Gasteiger partial charge in [0.1, 0.15) is 5.83 Å². The Hall–Kier alpha value is -1.64. The van der Waals surface area contributed by atoms with Gasteiger partial charge in [0.25, 0.3) is 5.91 Å². The standard InChI is InChI=1S/C13H14FNO/c1-9(2)10-3-5-12(6-4-10)15-8-11(14)7-13(15)16/h3-7,9H,8H2,1-2H3. The van der Waals surface area contributed by atoms with Crippen LogP contribution in [0.3, 0.4) is 0 Å². The molecule has 0 unspecified atom stereocenters. The zero-order valence-electron chi connectivity index (χ0n) is 9.40. The van der Waals surface area contributed by atoms with Gasteiger partial charge in [0, 0.05) is 11.8 Å². The number of nitrogens with zero attached hydrogens (tertiary/aromatic N) is 1. The normalized spacial score (nSPS) is 15.9. The molecular formula is C13H14FNO. The highest BCUT2D eigenvalue weighted by Gasteiger charge is 2.22. The van der Waals surface area contributed by atoms with Gasteiger partial charge in [-0.25, -0.2) is 4.39 Å². The molecule has 0 spiro atoms. The summed E-state index contributed by atoms with van der Waals surface area (Å²) in [5.41, 5.74) is 1.96. The molecule has 1 aliphatic heterocycles. The first-order valence-corrected chi connectivity index (χ1v) is 5.35. The van der Waals surface area contributed by atoms with Crippen molar-refractivity contribution in [3.63, 3.8) is 0 Å². The van der Waals surface area contributed by atoms with Crippen molar-refractivity contribution in [1.29, 1.82) is 0 Å². The number of hydrogen-bond acceptors (Lipinski definition) is 1. The number of carbonyl (C=O) groups is 1. The molecule has 1 heterocycles. The summed E-state index contributed by atoms with van der Waals surface area (Å²) in [6, 6.07) is 7.67. The van der Waals surface area contributed by atoms with Gasteiger partial charge in [-0.3, -0.25) is 4.79 Å². The first-order valence-electron chi connectivity index (χ1n) is 5.35. The number of hydrogen-bond donors (Lipinski definition) is 0. The average molecular weight is 219 g/mol. The van der Waals surface area contributed by atoms with Crippen molar-refractivity contribution >= 4 is 11.6 Å². The first-order chi connectivity index (χ1) is 7.58. The van der Waals surface area contributed by atoms with Crippen LogP contribution < -0.4 is 4.90 Å². The van der Waals surface area contributed by atoms with E-state index in [9.17, 15) is 9.18 Å². The number of amides is 1. The number of anilines is 1. The molecule has 0 radical (unpaired) electrons. The van der Waals surface area contributed by atoms with E-state index in [2.05, 4.69) is 13.8 Å². The zero-order valence-corrected chi connectivity index (χ0v) is 9.40. The van der Waals surface area contributed by atoms with E-state index in [0.29, 0.717) is 5.92 Å². The molecule has 0 aliphatic carbocycles. The summed E-state index contributed by atoms with van der Waals surface area (Å²) < 4.78 is 12.9. The molecule has 1 aromatic rings. The Bertz CT molecular complexity index is 434. The maximum Gasteiger partial charge on any atom is 0.254 e. The lowest BCUT2D eigenvalue weighted by molar-refractivity contribution is -0.113. The first kappa shape index (κ1) is 10.9. The average Bonchev–Trinajstić information content (AvgIpc) is 2.58. The minimum Gasteiger partial charge on any atom is -0.302 e. The molecule has 0 N–H and O–H groups in total. The van der Waals surface area contributed by atoms with Gasteiger partial charge in [-0.1, -0.05) is 26.0 Å². The molecule has 0 bridgehead atoms. The van der Waals surface area contributed by atoms with E-state index in [1.54, 1.807) is 0 Å². The minimum absolute atomic E-state index is 0.0554. The van der Waals surface area contributed by atoms with Gasteiger partial charge in [-0.2, -0.15) is 0 Å². The summed E-state index contributed by atoms with van der Waals surface area (Å²) in [6.45, 7) is 4.27. The predicted octanol–water partition coefficient (Wildman–Crippen LogP) is 3.01. The largest absolute Gasteiger partial charge is 0.302 e. The van der Waals surface area contributed by atoms with Crippen molar-refractivity contribution in [3.05, 3.63) is 41.7 Å². The summed E-state index contributed by atoms with van der Waals surface area (Å²) >= 11 is 0. The summed E-state index contributed by atoms with van der Waals surface area (Å²) in [7, 11) is 0. The highest BCUT2D eigenvalue weighted by Crippen LogP contribution is 2.24. The fourth-order valence-corrected chi connectivity index (χ4v) is 1.74. The number of carbonyl (C=O) groups excluding carboxylic acids is 1. The second-order valence-corrected chi connectivity index (χ2v) is 4.26. The van der Waals surface area contributed by atoms with E-state index >= 15 is 0 Å². The van der Waals surface area contributed by atoms with Gasteiger partial charge < -0.3 is 4.90 Å². The third-order valence-corrected chi connectivity index (χ3v) is 2.73. The molecule has 1 aromatic carbocycles. The van der Waals surface area contributed by atoms with Gasteiger partial charge in [0.2, 0.25) is 0 Å². The lowest BCUT2D eigenvalue weighted by atomic mass is 10.0. The summed E-state index contributed by atoms with van der Waals surface area (Å²) in [5.74, 6) is -0.203. The van der Waals surface area contributed by atoms with E-state index in [1.807, 2.05) is 24.3 Å². The molecule has 0 fully saturated rings. The Morgan fingerprint density at radius 2 is 1.88 bits per heavy atom. The van der Waals surface area contributed by atoms with E-state index in [1.165, 1.54) is 10.5 Å². The van der Waals surface area contributed by atoms with E-state index in [0.717, 1.165) is 11.8 Å². The maximum atomic E-state index is 12.9. The van der Waals surface area contributed by atoms with Gasteiger partial charge in [-0.15, -0.1) is 0 Å². The van der Waals surface area contributed by atoms with Crippen LogP contribution in [-0.4, -0.2) is 12.5 Å². The highest BCUT2D eigenvalue weighted by molar-refractivity contribution is 6.04. The summed E-state index contributed by atoms with van der Waals surface area (Å²) in [6.07, 6.45) is 1.04. The molecule has 84 valence electrons. The van der Waals surface area contributed by atoms with Crippen LogP contribution in [0.25, 0.3) is 0 Å². The van der Waals surface area contributed by atoms with E-state index < -0.39 is 0 Å². The lowest BCUT2D eigenvalue weighted by Gasteiger charge is -2.16. The van der Waals surface area contributed by atoms with Crippen molar-refractivity contribution in [2.45, 2.75) is 19.8 Å². The Kier molecular flexibility index (Phi) is 2.77. The molecule has 1 amide bonds. The molecule has 0 atom stereocenters. The van der Waals surface area contributed by atoms with Crippen LogP contribution in [0.1, 0.15) is 25.3 Å². The molecule has 1 aliphatic rings. The summed E-state index contributed by atoms with van der Waals surface area (Å²) in [5, 5.41) is 0. The SMILES string of the molecule is CC(C)c1ccc(N2CC(F)=CC2=O)cc1. The van der Waals surface area contributed by atoms with Gasteiger partial charge in [0.05, 0.1) is 6.54 Å². The highest BCUT2D eigenvalue weighted by atomic mass is 19.1. The topological polar surface area (TPSA) is 20.3 Å². The second kappa shape index (κ2) is 4.08. The van der Waals surface area contributed by atoms with Crippen molar-refractivity contribution in [1.82, 2.24) is 0 Å². The molecule has 0 saturated heterocycles. The van der Waals surface area contributed by atoms with Crippen LogP contribution in [0.2, 0.25) is 0 Å². The predicted molar refractivity (Wildman–Crippen MR) is 62.1 cm³/mol. The number of benzene rings is 1. The Balaban J connectivity index is 2.20. The number of rotatable bonds is 2. The fraction of sp³-hybridized carbons (Fsp3) is 0.308. The Morgan fingerprint density at radius 1 is 1.25 bits per heavy atom. The minimum atomic E-state index is -0.377. The molecule has 2 nitrogen and oxygen atoms in total. The van der Waals surface area contributed by atoms with E-state index in [4.69, 9.17) is 0 Å². The van der Waals surface area contributed by atoms with Crippen molar-refractivity contribution in [2.75, 3.05) is 11.4 Å². The smallest absolute Gasteiger partial charge is 0.254 e. The zero-order chi connectivity index (χ0) is 11.7. The van der Waals surface area contributed by atoms with Gasteiger partial charge in [-0.05, 0) is 23.6 Å². The molecule has 3 heteroatoms. The van der Waals surface area contributed by atoms with Crippen molar-refractivity contribution in [3.8, 4) is 0 Å².